The smallest absolute Gasteiger partial charge is 0.355 e. The molecule has 1 fully saturated rings. The molecular weight excluding hydrogens is 363 g/mol. The van der Waals surface area contributed by atoms with Crippen LogP contribution in [0.5, 0.6) is 0 Å². The maximum atomic E-state index is 12.6. The van der Waals surface area contributed by atoms with Gasteiger partial charge in [-0.2, -0.15) is 24.5 Å². The molecule has 0 aromatic carbocycles. The maximum absolute atomic E-state index is 12.6. The highest BCUT2D eigenvalue weighted by Gasteiger charge is 2.31. The highest BCUT2D eigenvalue weighted by Crippen LogP contribution is 2.29. The number of carbonyl (C=O) groups excluding carboxylic acids is 1. The van der Waals surface area contributed by atoms with E-state index in [1.165, 1.54) is 11.6 Å². The molecule has 0 radical (unpaired) electrons. The van der Waals surface area contributed by atoms with Gasteiger partial charge in [-0.05, 0) is 47.4 Å². The number of anilines is 1. The Hall–Kier alpha value is -2.09. The van der Waals surface area contributed by atoms with Gasteiger partial charge >= 0.3 is 6.18 Å². The van der Waals surface area contributed by atoms with Gasteiger partial charge in [0.15, 0.2) is 0 Å². The van der Waals surface area contributed by atoms with E-state index in [0.29, 0.717) is 38.4 Å². The minimum Gasteiger partial charge on any atom is -0.355 e. The Balaban J connectivity index is 1.55. The van der Waals surface area contributed by atoms with Crippen molar-refractivity contribution < 1.29 is 18.0 Å². The van der Waals surface area contributed by atoms with Crippen molar-refractivity contribution >= 4 is 23.1 Å². The average molecular weight is 383 g/mol. The van der Waals surface area contributed by atoms with E-state index in [9.17, 15) is 18.0 Å². The molecule has 8 heteroatoms. The summed E-state index contributed by atoms with van der Waals surface area (Å²) in [6, 6.07) is 4.48. The van der Waals surface area contributed by atoms with Crippen LogP contribution in [0.15, 0.2) is 35.2 Å². The summed E-state index contributed by atoms with van der Waals surface area (Å²) in [6.45, 7) is 2.47. The van der Waals surface area contributed by atoms with Crippen molar-refractivity contribution in [3.8, 4) is 0 Å². The van der Waals surface area contributed by atoms with Crippen LogP contribution in [0.3, 0.4) is 0 Å². The van der Waals surface area contributed by atoms with Gasteiger partial charge in [0.1, 0.15) is 5.82 Å². The first-order valence-electron chi connectivity index (χ1n) is 8.50. The molecule has 0 atom stereocenters. The van der Waals surface area contributed by atoms with Gasteiger partial charge < -0.3 is 9.80 Å². The van der Waals surface area contributed by atoms with Crippen LogP contribution in [-0.4, -0.2) is 42.0 Å². The van der Waals surface area contributed by atoms with Gasteiger partial charge in [-0.25, -0.2) is 4.98 Å². The number of halogens is 3. The maximum Gasteiger partial charge on any atom is 0.417 e. The molecule has 0 aliphatic carbocycles. The summed E-state index contributed by atoms with van der Waals surface area (Å²) in [5, 5.41) is 4.05. The van der Waals surface area contributed by atoms with E-state index < -0.39 is 11.7 Å². The summed E-state index contributed by atoms with van der Waals surface area (Å²) < 4.78 is 37.9. The third-order valence-corrected chi connectivity index (χ3v) is 5.19. The van der Waals surface area contributed by atoms with Crippen LogP contribution in [0.2, 0.25) is 0 Å². The summed E-state index contributed by atoms with van der Waals surface area (Å²) >= 11 is 1.62. The minimum absolute atomic E-state index is 0.124. The molecule has 0 bridgehead atoms. The zero-order chi connectivity index (χ0) is 18.6. The summed E-state index contributed by atoms with van der Waals surface area (Å²) in [7, 11) is 0. The van der Waals surface area contributed by atoms with Crippen LogP contribution in [0, 0.1) is 0 Å². The molecule has 2 aromatic rings. The lowest BCUT2D eigenvalue weighted by molar-refractivity contribution is -0.137. The fourth-order valence-electron chi connectivity index (χ4n) is 2.98. The molecule has 2 aromatic heterocycles. The first-order chi connectivity index (χ1) is 12.4. The minimum atomic E-state index is -4.38. The number of pyridine rings is 1. The number of hydrogen-bond donors (Lipinski definition) is 0. The Labute approximate surface area is 154 Å². The molecule has 0 spiro atoms. The molecule has 4 nitrogen and oxygen atoms in total. The van der Waals surface area contributed by atoms with Crippen molar-refractivity contribution in [2.24, 2.45) is 0 Å². The Morgan fingerprint density at radius 3 is 2.65 bits per heavy atom. The van der Waals surface area contributed by atoms with Crippen molar-refractivity contribution in [2.45, 2.75) is 25.4 Å². The molecule has 3 rings (SSSR count). The first kappa shape index (κ1) is 18.7. The van der Waals surface area contributed by atoms with Crippen molar-refractivity contribution in [1.82, 2.24) is 9.88 Å². The number of thiophene rings is 1. The lowest BCUT2D eigenvalue weighted by atomic mass is 10.2. The van der Waals surface area contributed by atoms with Gasteiger partial charge in [-0.3, -0.25) is 4.79 Å². The van der Waals surface area contributed by atoms with Gasteiger partial charge in [-0.1, -0.05) is 0 Å². The lowest BCUT2D eigenvalue weighted by Gasteiger charge is -2.23. The van der Waals surface area contributed by atoms with Crippen molar-refractivity contribution in [3.63, 3.8) is 0 Å². The molecule has 1 aliphatic heterocycles. The molecular formula is C18H20F3N3OS. The van der Waals surface area contributed by atoms with E-state index in [-0.39, 0.29) is 5.91 Å². The fraction of sp³-hybridized carbons (Fsp3) is 0.444. The SMILES string of the molecule is O=C(CCc1ccsc1)N1CCCN(c2ccc(C(F)(F)F)cn2)CC1. The molecule has 1 aliphatic rings. The van der Waals surface area contributed by atoms with Crippen LogP contribution in [0.1, 0.15) is 24.0 Å². The Bertz CT molecular complexity index is 716. The number of hydrogen-bond acceptors (Lipinski definition) is 4. The average Bonchev–Trinajstić information content (AvgIpc) is 3.01. The number of nitrogens with zero attached hydrogens (tertiary/aromatic N) is 3. The van der Waals surface area contributed by atoms with Gasteiger partial charge in [0.25, 0.3) is 0 Å². The Kier molecular flexibility index (Phi) is 5.80. The molecule has 0 saturated carbocycles. The number of aryl methyl sites for hydroxylation is 1. The molecule has 0 N–H and O–H groups in total. The number of carbonyl (C=O) groups is 1. The molecule has 0 unspecified atom stereocenters. The van der Waals surface area contributed by atoms with E-state index in [1.807, 2.05) is 26.6 Å². The summed E-state index contributed by atoms with van der Waals surface area (Å²) in [4.78, 5) is 20.1. The molecule has 26 heavy (non-hydrogen) atoms. The topological polar surface area (TPSA) is 36.4 Å². The quantitative estimate of drug-likeness (QED) is 0.805. The Morgan fingerprint density at radius 2 is 2.00 bits per heavy atom. The lowest BCUT2D eigenvalue weighted by Crippen LogP contribution is -2.35. The third kappa shape index (κ3) is 4.75. The number of rotatable bonds is 4. The molecule has 1 amide bonds. The predicted molar refractivity (Wildman–Crippen MR) is 95.3 cm³/mol. The summed E-state index contributed by atoms with van der Waals surface area (Å²) in [5.41, 5.74) is 0.426. The van der Waals surface area contributed by atoms with Crippen LogP contribution in [-0.2, 0) is 17.4 Å². The fourth-order valence-corrected chi connectivity index (χ4v) is 3.68. The van der Waals surface area contributed by atoms with Crippen molar-refractivity contribution in [3.05, 3.63) is 46.3 Å². The number of amides is 1. The zero-order valence-corrected chi connectivity index (χ0v) is 15.0. The van der Waals surface area contributed by atoms with Crippen molar-refractivity contribution in [2.75, 3.05) is 31.1 Å². The van der Waals surface area contributed by atoms with Crippen LogP contribution >= 0.6 is 11.3 Å². The second-order valence-corrected chi connectivity index (χ2v) is 7.04. The number of alkyl halides is 3. The third-order valence-electron chi connectivity index (χ3n) is 4.46. The predicted octanol–water partition coefficient (Wildman–Crippen LogP) is 3.83. The van der Waals surface area contributed by atoms with Gasteiger partial charge in [-0.15, -0.1) is 0 Å². The second kappa shape index (κ2) is 8.07. The van der Waals surface area contributed by atoms with Crippen molar-refractivity contribution in [1.29, 1.82) is 0 Å². The highest BCUT2D eigenvalue weighted by atomic mass is 32.1. The van der Waals surface area contributed by atoms with Gasteiger partial charge in [0, 0.05) is 38.8 Å². The largest absolute Gasteiger partial charge is 0.417 e. The second-order valence-electron chi connectivity index (χ2n) is 6.26. The van der Waals surface area contributed by atoms with Crippen LogP contribution in [0.25, 0.3) is 0 Å². The van der Waals surface area contributed by atoms with E-state index in [2.05, 4.69) is 4.98 Å². The molecule has 1 saturated heterocycles. The van der Waals surface area contributed by atoms with Crippen LogP contribution < -0.4 is 4.90 Å². The van der Waals surface area contributed by atoms with Gasteiger partial charge in [0.2, 0.25) is 5.91 Å². The highest BCUT2D eigenvalue weighted by molar-refractivity contribution is 7.07. The first-order valence-corrected chi connectivity index (χ1v) is 9.45. The molecule has 3 heterocycles. The monoisotopic (exact) mass is 383 g/mol. The van der Waals surface area contributed by atoms with Crippen LogP contribution in [0.4, 0.5) is 19.0 Å². The van der Waals surface area contributed by atoms with E-state index in [0.717, 1.165) is 25.1 Å². The van der Waals surface area contributed by atoms with Gasteiger partial charge in [0.05, 0.1) is 5.56 Å². The zero-order valence-electron chi connectivity index (χ0n) is 14.2. The van der Waals surface area contributed by atoms with E-state index in [4.69, 9.17) is 0 Å². The van der Waals surface area contributed by atoms with E-state index >= 15 is 0 Å². The summed E-state index contributed by atoms with van der Waals surface area (Å²) in [5.74, 6) is 0.643. The number of aromatic nitrogens is 1. The standard InChI is InChI=1S/C18H20F3N3OS/c19-18(20,21)15-3-4-16(22-12-15)23-7-1-8-24(10-9-23)17(25)5-2-14-6-11-26-13-14/h3-4,6,11-13H,1-2,5,7-10H2. The summed E-state index contributed by atoms with van der Waals surface area (Å²) in [6.07, 6.45) is -1.52. The molecule has 140 valence electrons. The van der Waals surface area contributed by atoms with E-state index in [1.54, 1.807) is 11.3 Å². The normalized spacial score (nSPS) is 15.8. The Morgan fingerprint density at radius 1 is 1.15 bits per heavy atom.